The van der Waals surface area contributed by atoms with Crippen molar-refractivity contribution in [1.82, 2.24) is 9.97 Å². The number of esters is 2. The zero-order valence-corrected chi connectivity index (χ0v) is 17.6. The van der Waals surface area contributed by atoms with Crippen LogP contribution in [0.4, 0.5) is 0 Å². The molecule has 2 aromatic heterocycles. The quantitative estimate of drug-likeness (QED) is 0.446. The molecule has 0 N–H and O–H groups in total. The van der Waals surface area contributed by atoms with Crippen LogP contribution in [0.2, 0.25) is 0 Å². The van der Waals surface area contributed by atoms with Crippen LogP contribution in [0, 0.1) is 5.41 Å². The molecule has 158 valence electrons. The maximum absolute atomic E-state index is 13.0. The molecule has 0 bridgehead atoms. The maximum Gasteiger partial charge on any atom is 0.324 e. The lowest BCUT2D eigenvalue weighted by Crippen LogP contribution is -2.43. The predicted molar refractivity (Wildman–Crippen MR) is 116 cm³/mol. The summed E-state index contributed by atoms with van der Waals surface area (Å²) in [6, 6.07) is 17.3. The first-order valence-corrected chi connectivity index (χ1v) is 10.4. The number of aromatic nitrogens is 2. The van der Waals surface area contributed by atoms with Gasteiger partial charge < -0.3 is 9.47 Å². The Morgan fingerprint density at radius 1 is 0.903 bits per heavy atom. The van der Waals surface area contributed by atoms with Gasteiger partial charge in [0, 0.05) is 18.2 Å². The van der Waals surface area contributed by atoms with Gasteiger partial charge in [-0.3, -0.25) is 14.6 Å². The summed E-state index contributed by atoms with van der Waals surface area (Å²) < 4.78 is 10.6. The summed E-state index contributed by atoms with van der Waals surface area (Å²) >= 11 is 0. The van der Waals surface area contributed by atoms with E-state index in [2.05, 4.69) is 4.98 Å². The van der Waals surface area contributed by atoms with Gasteiger partial charge in [-0.25, -0.2) is 4.98 Å². The Morgan fingerprint density at radius 2 is 1.58 bits per heavy atom. The number of carbonyl (C=O) groups excluding carboxylic acids is 2. The molecule has 0 radical (unpaired) electrons. The van der Waals surface area contributed by atoms with Gasteiger partial charge in [0.25, 0.3) is 0 Å². The van der Waals surface area contributed by atoms with E-state index in [1.165, 1.54) is 0 Å². The first-order chi connectivity index (χ1) is 15.1. The summed E-state index contributed by atoms with van der Waals surface area (Å²) in [5, 5.41) is 0. The fourth-order valence-electron chi connectivity index (χ4n) is 4.06. The minimum atomic E-state index is -1.40. The van der Waals surface area contributed by atoms with Crippen molar-refractivity contribution in [3.63, 3.8) is 0 Å². The molecule has 0 atom stereocenters. The Balaban J connectivity index is 1.88. The van der Waals surface area contributed by atoms with Crippen LogP contribution in [0.1, 0.15) is 25.0 Å². The monoisotopic (exact) mass is 416 g/mol. The zero-order valence-electron chi connectivity index (χ0n) is 17.6. The van der Waals surface area contributed by atoms with Crippen molar-refractivity contribution in [3.8, 4) is 22.6 Å². The smallest absolute Gasteiger partial charge is 0.324 e. The van der Waals surface area contributed by atoms with E-state index in [9.17, 15) is 9.59 Å². The third kappa shape index (κ3) is 3.81. The van der Waals surface area contributed by atoms with Gasteiger partial charge in [-0.05, 0) is 49.6 Å². The molecule has 0 saturated carbocycles. The second-order valence-electron chi connectivity index (χ2n) is 7.45. The first kappa shape index (κ1) is 20.7. The van der Waals surface area contributed by atoms with Gasteiger partial charge in [0.05, 0.1) is 30.3 Å². The molecule has 6 heteroatoms. The first-order valence-electron chi connectivity index (χ1n) is 10.4. The maximum atomic E-state index is 13.0. The van der Waals surface area contributed by atoms with Gasteiger partial charge in [0.15, 0.2) is 5.41 Å². The van der Waals surface area contributed by atoms with Crippen molar-refractivity contribution in [1.29, 1.82) is 0 Å². The van der Waals surface area contributed by atoms with E-state index in [1.807, 2.05) is 54.6 Å². The summed E-state index contributed by atoms with van der Waals surface area (Å²) in [6.07, 6.45) is 2.12. The van der Waals surface area contributed by atoms with Crippen LogP contribution in [0.5, 0.6) is 0 Å². The number of benzene rings is 1. The fraction of sp³-hybridized carbons (Fsp3) is 0.280. The highest BCUT2D eigenvalue weighted by Gasteiger charge is 2.54. The lowest BCUT2D eigenvalue weighted by Gasteiger charge is -2.24. The molecule has 3 aromatic rings. The van der Waals surface area contributed by atoms with Gasteiger partial charge in [-0.15, -0.1) is 0 Å². The Bertz CT molecular complexity index is 1080. The summed E-state index contributed by atoms with van der Waals surface area (Å²) in [5.74, 6) is -1.11. The molecule has 0 spiro atoms. The number of hydrogen-bond donors (Lipinski definition) is 0. The van der Waals surface area contributed by atoms with Gasteiger partial charge in [-0.2, -0.15) is 0 Å². The molecular weight excluding hydrogens is 392 g/mol. The van der Waals surface area contributed by atoms with E-state index < -0.39 is 17.4 Å². The van der Waals surface area contributed by atoms with Crippen molar-refractivity contribution in [2.45, 2.75) is 26.7 Å². The van der Waals surface area contributed by atoms with Crippen molar-refractivity contribution < 1.29 is 19.1 Å². The predicted octanol–water partition coefficient (Wildman–Crippen LogP) is 4.02. The van der Waals surface area contributed by atoms with Gasteiger partial charge in [0.1, 0.15) is 0 Å². The Labute approximate surface area is 181 Å². The SMILES string of the molecule is CCOC(=O)C1(C(=O)OCC)Cc2cc(-c3ccccn3)nc(-c3ccccc3)c2C1. The minimum absolute atomic E-state index is 0.194. The summed E-state index contributed by atoms with van der Waals surface area (Å²) in [4.78, 5) is 35.3. The molecule has 4 rings (SSSR count). The number of fused-ring (bicyclic) bond motifs is 1. The molecule has 0 amide bonds. The van der Waals surface area contributed by atoms with E-state index in [1.54, 1.807) is 20.0 Å². The largest absolute Gasteiger partial charge is 0.465 e. The molecule has 1 aliphatic rings. The van der Waals surface area contributed by atoms with Crippen molar-refractivity contribution >= 4 is 11.9 Å². The van der Waals surface area contributed by atoms with Crippen LogP contribution < -0.4 is 0 Å². The second-order valence-corrected chi connectivity index (χ2v) is 7.45. The molecule has 31 heavy (non-hydrogen) atoms. The zero-order chi connectivity index (χ0) is 21.8. The second kappa shape index (κ2) is 8.68. The van der Waals surface area contributed by atoms with Crippen LogP contribution in [0.25, 0.3) is 22.6 Å². The molecule has 0 saturated heterocycles. The highest BCUT2D eigenvalue weighted by Crippen LogP contribution is 2.44. The van der Waals surface area contributed by atoms with E-state index in [-0.39, 0.29) is 26.1 Å². The van der Waals surface area contributed by atoms with Crippen LogP contribution in [-0.2, 0) is 31.9 Å². The van der Waals surface area contributed by atoms with E-state index >= 15 is 0 Å². The van der Waals surface area contributed by atoms with Gasteiger partial charge in [-0.1, -0.05) is 36.4 Å². The Morgan fingerprint density at radius 3 is 2.19 bits per heavy atom. The topological polar surface area (TPSA) is 78.4 Å². The van der Waals surface area contributed by atoms with Gasteiger partial charge >= 0.3 is 11.9 Å². The number of pyridine rings is 2. The van der Waals surface area contributed by atoms with Crippen molar-refractivity contribution in [2.75, 3.05) is 13.2 Å². The van der Waals surface area contributed by atoms with Crippen LogP contribution in [0.3, 0.4) is 0 Å². The molecule has 1 aromatic carbocycles. The summed E-state index contributed by atoms with van der Waals surface area (Å²) in [7, 11) is 0. The van der Waals surface area contributed by atoms with E-state index in [0.717, 1.165) is 28.1 Å². The van der Waals surface area contributed by atoms with Crippen LogP contribution >= 0.6 is 0 Å². The van der Waals surface area contributed by atoms with E-state index in [0.29, 0.717) is 5.69 Å². The van der Waals surface area contributed by atoms with Gasteiger partial charge in [0.2, 0.25) is 0 Å². The fourth-order valence-corrected chi connectivity index (χ4v) is 4.06. The van der Waals surface area contributed by atoms with Crippen LogP contribution in [0.15, 0.2) is 60.8 Å². The summed E-state index contributed by atoms with van der Waals surface area (Å²) in [5.41, 5.74) is 3.44. The lowest BCUT2D eigenvalue weighted by atomic mass is 9.84. The van der Waals surface area contributed by atoms with Crippen molar-refractivity contribution in [2.24, 2.45) is 5.41 Å². The molecule has 0 unspecified atom stereocenters. The standard InChI is InChI=1S/C25H24N2O4/c1-3-30-23(28)25(24(29)31-4-2)15-18-14-21(20-12-8-9-13-26-20)27-22(19(18)16-25)17-10-6-5-7-11-17/h5-14H,3-4,15-16H2,1-2H3. The number of ether oxygens (including phenoxy) is 2. The lowest BCUT2D eigenvalue weighted by molar-refractivity contribution is -0.171. The summed E-state index contributed by atoms with van der Waals surface area (Å²) in [6.45, 7) is 3.85. The Hall–Kier alpha value is -3.54. The molecule has 6 nitrogen and oxygen atoms in total. The third-order valence-electron chi connectivity index (χ3n) is 5.49. The third-order valence-corrected chi connectivity index (χ3v) is 5.49. The number of rotatable bonds is 6. The average Bonchev–Trinajstić information content (AvgIpc) is 3.21. The van der Waals surface area contributed by atoms with Crippen LogP contribution in [-0.4, -0.2) is 35.1 Å². The average molecular weight is 416 g/mol. The number of nitrogens with zero attached hydrogens (tertiary/aromatic N) is 2. The van der Waals surface area contributed by atoms with Crippen molar-refractivity contribution in [3.05, 3.63) is 71.9 Å². The minimum Gasteiger partial charge on any atom is -0.465 e. The normalized spacial score (nSPS) is 14.0. The molecule has 2 heterocycles. The van der Waals surface area contributed by atoms with E-state index in [4.69, 9.17) is 14.5 Å². The highest BCUT2D eigenvalue weighted by molar-refractivity contribution is 6.02. The molecule has 0 fully saturated rings. The highest BCUT2D eigenvalue weighted by atomic mass is 16.6. The molecular formula is C25H24N2O4. The molecule has 0 aliphatic heterocycles. The molecule has 1 aliphatic carbocycles. The Kier molecular flexibility index (Phi) is 5.80. The number of carbonyl (C=O) groups is 2. The number of hydrogen-bond acceptors (Lipinski definition) is 6.